The van der Waals surface area contributed by atoms with Crippen LogP contribution in [0.5, 0.6) is 0 Å². The number of benzene rings is 1. The molecule has 0 aromatic heterocycles. The summed E-state index contributed by atoms with van der Waals surface area (Å²) in [5, 5.41) is 6.41. The normalized spacial score (nSPS) is 21.1. The molecule has 1 aliphatic heterocycles. The maximum atomic E-state index is 14.8. The Bertz CT molecular complexity index is 821. The first-order valence-corrected chi connectivity index (χ1v) is 12.8. The lowest BCUT2D eigenvalue weighted by Crippen LogP contribution is -2.52. The van der Waals surface area contributed by atoms with E-state index >= 15 is 0 Å². The van der Waals surface area contributed by atoms with E-state index in [-0.39, 0.29) is 35.2 Å². The summed E-state index contributed by atoms with van der Waals surface area (Å²) in [6.07, 6.45) is 8.05. The van der Waals surface area contributed by atoms with Gasteiger partial charge in [-0.25, -0.2) is 9.18 Å². The molecule has 2 fully saturated rings. The highest BCUT2D eigenvalue weighted by molar-refractivity contribution is 6.30. The number of likely N-dealkylation sites (N-methyl/N-ethyl adjacent to an activating group) is 1. The van der Waals surface area contributed by atoms with E-state index in [0.29, 0.717) is 19.0 Å². The topological polar surface area (TPSA) is 96.7 Å². The van der Waals surface area contributed by atoms with Gasteiger partial charge in [0.2, 0.25) is 5.91 Å². The second kappa shape index (κ2) is 13.3. The third kappa shape index (κ3) is 7.55. The molecule has 2 aliphatic rings. The van der Waals surface area contributed by atoms with Gasteiger partial charge in [-0.1, -0.05) is 55.8 Å². The number of rotatable bonds is 10. The van der Waals surface area contributed by atoms with Gasteiger partial charge in [-0.15, -0.1) is 0 Å². The Hall–Kier alpha value is -1.90. The molecule has 0 spiro atoms. The van der Waals surface area contributed by atoms with Crippen molar-refractivity contribution in [2.24, 2.45) is 17.6 Å². The van der Waals surface area contributed by atoms with Crippen molar-refractivity contribution >= 4 is 23.5 Å². The fourth-order valence-corrected chi connectivity index (χ4v) is 5.55. The van der Waals surface area contributed by atoms with E-state index in [1.807, 2.05) is 7.05 Å². The summed E-state index contributed by atoms with van der Waals surface area (Å²) in [5.41, 5.74) is 5.57. The Morgan fingerprint density at radius 3 is 2.71 bits per heavy atom. The zero-order chi connectivity index (χ0) is 24.5. The zero-order valence-corrected chi connectivity index (χ0v) is 20.8. The fraction of sp³-hybridized carbons (Fsp3) is 0.680. The minimum absolute atomic E-state index is 0.00629. The number of ether oxygens (including phenoxy) is 1. The van der Waals surface area contributed by atoms with Gasteiger partial charge in [0.05, 0.1) is 11.1 Å². The molecule has 9 heteroatoms. The minimum Gasteiger partial charge on any atom is -0.368 e. The Labute approximate surface area is 206 Å². The summed E-state index contributed by atoms with van der Waals surface area (Å²) in [7, 11) is 1.90. The molecule has 3 amide bonds. The molecule has 1 saturated heterocycles. The Morgan fingerprint density at radius 2 is 2.00 bits per heavy atom. The largest absolute Gasteiger partial charge is 0.368 e. The molecular formula is C25H38ClFN4O3. The minimum atomic E-state index is -0.725. The summed E-state index contributed by atoms with van der Waals surface area (Å²) < 4.78 is 20.6. The summed E-state index contributed by atoms with van der Waals surface area (Å²) in [5.74, 6) is -0.732. The monoisotopic (exact) mass is 496 g/mol. The number of nitrogens with zero attached hydrogens (tertiary/aromatic N) is 1. The number of hydrogen-bond acceptors (Lipinski definition) is 4. The molecule has 0 radical (unpaired) electrons. The number of hydrogen-bond donors (Lipinski definition) is 3. The van der Waals surface area contributed by atoms with E-state index in [4.69, 9.17) is 22.1 Å². The van der Waals surface area contributed by atoms with Crippen molar-refractivity contribution in [2.75, 3.05) is 33.3 Å². The molecule has 1 aliphatic carbocycles. The van der Waals surface area contributed by atoms with Crippen LogP contribution in [0.25, 0.3) is 0 Å². The van der Waals surface area contributed by atoms with Crippen molar-refractivity contribution in [3.8, 4) is 0 Å². The number of piperidine rings is 1. The van der Waals surface area contributed by atoms with Crippen LogP contribution in [0, 0.1) is 17.7 Å². The van der Waals surface area contributed by atoms with Crippen LogP contribution in [0.3, 0.4) is 0 Å². The standard InChI is InChI=1S/C25H38ClFN4O3/c1-29-14-19(13-17-7-3-2-4-8-17)30-25(33)31-12-6-9-18(15-31)24(34-16-22(28)32)20-10-5-11-21(26)23(20)27/h5,10-11,17-19,24,29H,2-4,6-9,12-16H2,1H3,(H2,28,32)(H,30,33)/t18-,19-,24+/m0/s1. The summed E-state index contributed by atoms with van der Waals surface area (Å²) in [4.78, 5) is 26.4. The predicted molar refractivity (Wildman–Crippen MR) is 131 cm³/mol. The fourth-order valence-electron chi connectivity index (χ4n) is 5.36. The van der Waals surface area contributed by atoms with Crippen LogP contribution in [0.2, 0.25) is 5.02 Å². The Balaban J connectivity index is 1.68. The van der Waals surface area contributed by atoms with E-state index in [1.165, 1.54) is 38.2 Å². The average molecular weight is 497 g/mol. The van der Waals surface area contributed by atoms with Gasteiger partial charge in [-0.2, -0.15) is 0 Å². The van der Waals surface area contributed by atoms with E-state index in [0.717, 1.165) is 25.8 Å². The molecule has 4 N–H and O–H groups in total. The first-order valence-electron chi connectivity index (χ1n) is 12.4. The van der Waals surface area contributed by atoms with Gasteiger partial charge in [0, 0.05) is 37.2 Å². The van der Waals surface area contributed by atoms with Crippen molar-refractivity contribution in [3.05, 3.63) is 34.6 Å². The molecule has 34 heavy (non-hydrogen) atoms. The SMILES string of the molecule is CNC[C@H](CC1CCCCC1)NC(=O)N1CCC[C@H]([C@@H](OCC(N)=O)c2cccc(Cl)c2F)C1. The molecular weight excluding hydrogens is 459 g/mol. The summed E-state index contributed by atoms with van der Waals surface area (Å²) >= 11 is 6.00. The molecule has 3 rings (SSSR count). The van der Waals surface area contributed by atoms with Crippen molar-refractivity contribution in [2.45, 2.75) is 63.5 Å². The number of likely N-dealkylation sites (tertiary alicyclic amines) is 1. The van der Waals surface area contributed by atoms with Gasteiger partial charge >= 0.3 is 6.03 Å². The van der Waals surface area contributed by atoms with Crippen molar-refractivity contribution in [3.63, 3.8) is 0 Å². The molecule has 7 nitrogen and oxygen atoms in total. The van der Waals surface area contributed by atoms with Gasteiger partial charge < -0.3 is 26.0 Å². The number of carbonyl (C=O) groups excluding carboxylic acids is 2. The lowest BCUT2D eigenvalue weighted by molar-refractivity contribution is -0.126. The maximum Gasteiger partial charge on any atom is 0.317 e. The van der Waals surface area contributed by atoms with Crippen LogP contribution in [0.15, 0.2) is 18.2 Å². The van der Waals surface area contributed by atoms with E-state index in [2.05, 4.69) is 10.6 Å². The number of amides is 3. The second-order valence-electron chi connectivity index (χ2n) is 9.63. The first kappa shape index (κ1) is 26.7. The van der Waals surface area contributed by atoms with Crippen molar-refractivity contribution < 1.29 is 18.7 Å². The highest BCUT2D eigenvalue weighted by Crippen LogP contribution is 2.36. The highest BCUT2D eigenvalue weighted by Gasteiger charge is 2.34. The van der Waals surface area contributed by atoms with Crippen LogP contribution in [0.1, 0.15) is 63.0 Å². The molecule has 190 valence electrons. The molecule has 0 unspecified atom stereocenters. The lowest BCUT2D eigenvalue weighted by atomic mass is 9.85. The van der Waals surface area contributed by atoms with Gasteiger partial charge in [-0.05, 0) is 38.3 Å². The molecule has 1 saturated carbocycles. The van der Waals surface area contributed by atoms with E-state index in [9.17, 15) is 14.0 Å². The van der Waals surface area contributed by atoms with Crippen LogP contribution in [0.4, 0.5) is 9.18 Å². The number of primary amides is 1. The van der Waals surface area contributed by atoms with Gasteiger partial charge in [-0.3, -0.25) is 4.79 Å². The number of urea groups is 1. The second-order valence-corrected chi connectivity index (χ2v) is 10.0. The summed E-state index contributed by atoms with van der Waals surface area (Å²) in [6, 6.07) is 4.69. The number of nitrogens with two attached hydrogens (primary N) is 1. The van der Waals surface area contributed by atoms with Gasteiger partial charge in [0.25, 0.3) is 0 Å². The molecule has 3 atom stereocenters. The van der Waals surface area contributed by atoms with Crippen LogP contribution < -0.4 is 16.4 Å². The van der Waals surface area contributed by atoms with Crippen LogP contribution in [-0.4, -0.2) is 56.2 Å². The highest BCUT2D eigenvalue weighted by atomic mass is 35.5. The average Bonchev–Trinajstić information content (AvgIpc) is 2.82. The first-order chi connectivity index (χ1) is 16.4. The van der Waals surface area contributed by atoms with Crippen LogP contribution >= 0.6 is 11.6 Å². The van der Waals surface area contributed by atoms with E-state index < -0.39 is 17.8 Å². The lowest BCUT2D eigenvalue weighted by Gasteiger charge is -2.38. The third-order valence-electron chi connectivity index (χ3n) is 6.99. The number of halogens is 2. The Kier molecular flexibility index (Phi) is 10.4. The molecule has 1 aromatic rings. The van der Waals surface area contributed by atoms with E-state index in [1.54, 1.807) is 17.0 Å². The van der Waals surface area contributed by atoms with Gasteiger partial charge in [0.1, 0.15) is 12.4 Å². The molecule has 1 heterocycles. The predicted octanol–water partition coefficient (Wildman–Crippen LogP) is 4.00. The van der Waals surface area contributed by atoms with Gasteiger partial charge in [0.15, 0.2) is 0 Å². The van der Waals surface area contributed by atoms with Crippen LogP contribution in [-0.2, 0) is 9.53 Å². The maximum absolute atomic E-state index is 14.8. The zero-order valence-electron chi connectivity index (χ0n) is 20.0. The summed E-state index contributed by atoms with van der Waals surface area (Å²) in [6.45, 7) is 1.41. The number of carbonyl (C=O) groups is 2. The van der Waals surface area contributed by atoms with Crippen molar-refractivity contribution in [1.82, 2.24) is 15.5 Å². The van der Waals surface area contributed by atoms with Crippen molar-refractivity contribution in [1.29, 1.82) is 0 Å². The molecule has 1 aromatic carbocycles. The number of nitrogens with one attached hydrogen (secondary N) is 2. The smallest absolute Gasteiger partial charge is 0.317 e. The Morgan fingerprint density at radius 1 is 1.24 bits per heavy atom. The third-order valence-corrected chi connectivity index (χ3v) is 7.28. The quantitative estimate of drug-likeness (QED) is 0.456. The molecule has 0 bridgehead atoms.